The third-order valence-corrected chi connectivity index (χ3v) is 5.22. The monoisotopic (exact) mass is 372 g/mol. The molecule has 4 rings (SSSR count). The van der Waals surface area contributed by atoms with Gasteiger partial charge in [0.1, 0.15) is 11.3 Å². The minimum Gasteiger partial charge on any atom is -0.499 e. The minimum absolute atomic E-state index is 0.537. The molecule has 1 aliphatic carbocycles. The molecule has 1 fully saturated rings. The summed E-state index contributed by atoms with van der Waals surface area (Å²) in [4.78, 5) is 6.88. The first-order valence-electron chi connectivity index (χ1n) is 8.96. The number of benzene rings is 1. The van der Waals surface area contributed by atoms with Crippen molar-refractivity contribution < 1.29 is 9.15 Å². The highest BCUT2D eigenvalue weighted by atomic mass is 35.5. The van der Waals surface area contributed by atoms with Gasteiger partial charge in [0.05, 0.1) is 12.8 Å². The molecule has 1 radical (unpaired) electrons. The average molecular weight is 373 g/mol. The SMILES string of the molecule is COC1=C(N2CC[C@@H](CNc3nc4ccc(Cl)cc4o3)C2)C=C(C)C[CH]1. The van der Waals surface area contributed by atoms with Gasteiger partial charge in [-0.3, -0.25) is 0 Å². The van der Waals surface area contributed by atoms with Gasteiger partial charge in [-0.05, 0) is 43.9 Å². The molecule has 5 nitrogen and oxygen atoms in total. The maximum absolute atomic E-state index is 6.00. The number of methoxy groups -OCH3 is 1. The quantitative estimate of drug-likeness (QED) is 0.829. The van der Waals surface area contributed by atoms with Crippen LogP contribution in [0.3, 0.4) is 0 Å². The first-order chi connectivity index (χ1) is 12.6. The molecule has 1 N–H and O–H groups in total. The van der Waals surface area contributed by atoms with Gasteiger partial charge in [0.15, 0.2) is 5.58 Å². The fraction of sp³-hybridized carbons (Fsp3) is 0.400. The highest BCUT2D eigenvalue weighted by Crippen LogP contribution is 2.30. The van der Waals surface area contributed by atoms with Gasteiger partial charge in [-0.1, -0.05) is 17.2 Å². The van der Waals surface area contributed by atoms with E-state index in [0.29, 0.717) is 22.5 Å². The predicted octanol–water partition coefficient (Wildman–Crippen LogP) is 4.63. The summed E-state index contributed by atoms with van der Waals surface area (Å²) in [5.41, 5.74) is 4.10. The number of rotatable bonds is 5. The van der Waals surface area contributed by atoms with E-state index in [4.69, 9.17) is 20.8 Å². The Morgan fingerprint density at radius 2 is 2.31 bits per heavy atom. The molecule has 0 spiro atoms. The second-order valence-electron chi connectivity index (χ2n) is 6.97. The third kappa shape index (κ3) is 3.54. The molecule has 0 unspecified atom stereocenters. The van der Waals surface area contributed by atoms with Crippen LogP contribution in [0.25, 0.3) is 11.1 Å². The fourth-order valence-electron chi connectivity index (χ4n) is 3.58. The molecule has 1 aromatic carbocycles. The zero-order valence-electron chi connectivity index (χ0n) is 15.1. The number of nitrogens with zero attached hydrogens (tertiary/aromatic N) is 2. The summed E-state index contributed by atoms with van der Waals surface area (Å²) in [6, 6.07) is 6.04. The maximum Gasteiger partial charge on any atom is 0.295 e. The van der Waals surface area contributed by atoms with Crippen LogP contribution >= 0.6 is 11.6 Å². The highest BCUT2D eigenvalue weighted by molar-refractivity contribution is 6.31. The third-order valence-electron chi connectivity index (χ3n) is 4.98. The minimum atomic E-state index is 0.537. The van der Waals surface area contributed by atoms with Crippen molar-refractivity contribution in [2.45, 2.75) is 19.8 Å². The topological polar surface area (TPSA) is 50.5 Å². The number of allylic oxidation sites excluding steroid dienone is 3. The van der Waals surface area contributed by atoms with Gasteiger partial charge >= 0.3 is 0 Å². The van der Waals surface area contributed by atoms with Crippen LogP contribution < -0.4 is 5.32 Å². The highest BCUT2D eigenvalue weighted by Gasteiger charge is 2.27. The normalized spacial score (nSPS) is 20.7. The van der Waals surface area contributed by atoms with Gasteiger partial charge in [-0.15, -0.1) is 0 Å². The van der Waals surface area contributed by atoms with E-state index in [2.05, 4.69) is 34.6 Å². The van der Waals surface area contributed by atoms with Gasteiger partial charge < -0.3 is 19.4 Å². The molecule has 2 heterocycles. The summed E-state index contributed by atoms with van der Waals surface area (Å²) in [6.45, 7) is 5.03. The lowest BCUT2D eigenvalue weighted by Crippen LogP contribution is -2.24. The van der Waals surface area contributed by atoms with Crippen molar-refractivity contribution in [2.24, 2.45) is 5.92 Å². The van der Waals surface area contributed by atoms with Crippen LogP contribution in [0.15, 0.2) is 45.7 Å². The van der Waals surface area contributed by atoms with Crippen LogP contribution in [-0.2, 0) is 4.74 Å². The zero-order chi connectivity index (χ0) is 18.1. The van der Waals surface area contributed by atoms with Gasteiger partial charge in [0.2, 0.25) is 0 Å². The summed E-state index contributed by atoms with van der Waals surface area (Å²) < 4.78 is 11.3. The van der Waals surface area contributed by atoms with Crippen LogP contribution in [0.5, 0.6) is 0 Å². The predicted molar refractivity (Wildman–Crippen MR) is 104 cm³/mol. The van der Waals surface area contributed by atoms with E-state index in [1.807, 2.05) is 12.1 Å². The van der Waals surface area contributed by atoms with Gasteiger partial charge in [-0.25, -0.2) is 0 Å². The fourth-order valence-corrected chi connectivity index (χ4v) is 3.74. The molecule has 6 heteroatoms. The number of likely N-dealkylation sites (tertiary alicyclic amines) is 1. The van der Waals surface area contributed by atoms with Crippen LogP contribution in [0.1, 0.15) is 19.8 Å². The molecule has 26 heavy (non-hydrogen) atoms. The lowest BCUT2D eigenvalue weighted by atomic mass is 10.0. The number of oxazole rings is 1. The van der Waals surface area contributed by atoms with Crippen molar-refractivity contribution in [3.05, 3.63) is 52.7 Å². The van der Waals surface area contributed by atoms with Gasteiger partial charge in [0.25, 0.3) is 6.01 Å². The first kappa shape index (κ1) is 17.3. The van der Waals surface area contributed by atoms with Crippen molar-refractivity contribution in [3.63, 3.8) is 0 Å². The summed E-state index contributed by atoms with van der Waals surface area (Å²) in [6.07, 6.45) is 6.51. The van der Waals surface area contributed by atoms with Crippen molar-refractivity contribution >= 4 is 28.7 Å². The molecule has 0 amide bonds. The lowest BCUT2D eigenvalue weighted by Gasteiger charge is -2.26. The Hall–Kier alpha value is -2.14. The molecule has 1 aliphatic heterocycles. The molecule has 2 aliphatic rings. The molecule has 1 saturated heterocycles. The number of aromatic nitrogens is 1. The summed E-state index contributed by atoms with van der Waals surface area (Å²) in [5.74, 6) is 1.52. The number of halogens is 1. The van der Waals surface area contributed by atoms with Crippen molar-refractivity contribution in [2.75, 3.05) is 32.1 Å². The van der Waals surface area contributed by atoms with E-state index in [-0.39, 0.29) is 0 Å². The smallest absolute Gasteiger partial charge is 0.295 e. The van der Waals surface area contributed by atoms with E-state index < -0.39 is 0 Å². The second kappa shape index (κ2) is 7.23. The van der Waals surface area contributed by atoms with E-state index in [1.54, 1.807) is 13.2 Å². The summed E-state index contributed by atoms with van der Waals surface area (Å²) >= 11 is 6.00. The number of hydrogen-bond acceptors (Lipinski definition) is 5. The molecular formula is C20H23ClN3O2. The van der Waals surface area contributed by atoms with Crippen molar-refractivity contribution in [1.29, 1.82) is 0 Å². The number of fused-ring (bicyclic) bond motifs is 1. The molecule has 0 saturated carbocycles. The largest absolute Gasteiger partial charge is 0.499 e. The molecule has 137 valence electrons. The number of hydrogen-bond donors (Lipinski definition) is 1. The van der Waals surface area contributed by atoms with Crippen LogP contribution in [0, 0.1) is 12.3 Å². The standard InChI is InChI=1S/C20H23ClN3O2/c1-13-3-6-18(25-2)17(9-13)24-8-7-14(12-24)11-22-20-23-16-5-4-15(21)10-19(16)26-20/h4-6,9-10,14H,3,7-8,11-12H2,1-2H3,(H,22,23)/t14-/m0/s1. The molecule has 1 aromatic heterocycles. The Morgan fingerprint density at radius 3 is 3.15 bits per heavy atom. The second-order valence-corrected chi connectivity index (χ2v) is 7.40. The maximum atomic E-state index is 6.00. The van der Waals surface area contributed by atoms with Gasteiger partial charge in [0, 0.05) is 37.1 Å². The van der Waals surface area contributed by atoms with Crippen molar-refractivity contribution in [3.8, 4) is 0 Å². The molecular weight excluding hydrogens is 350 g/mol. The number of anilines is 1. The Labute approximate surface area is 158 Å². The number of ether oxygens (including phenoxy) is 1. The molecule has 1 atom stereocenters. The number of nitrogens with one attached hydrogen (secondary N) is 1. The van der Waals surface area contributed by atoms with Crippen LogP contribution in [0.2, 0.25) is 5.02 Å². The first-order valence-corrected chi connectivity index (χ1v) is 9.34. The lowest BCUT2D eigenvalue weighted by molar-refractivity contribution is 0.271. The average Bonchev–Trinajstić information content (AvgIpc) is 3.26. The van der Waals surface area contributed by atoms with Crippen LogP contribution in [0.4, 0.5) is 6.01 Å². The van der Waals surface area contributed by atoms with E-state index in [0.717, 1.165) is 43.8 Å². The van der Waals surface area contributed by atoms with E-state index in [1.165, 1.54) is 11.3 Å². The molecule has 0 bridgehead atoms. The summed E-state index contributed by atoms with van der Waals surface area (Å²) in [5, 5.41) is 3.99. The Balaban J connectivity index is 1.39. The van der Waals surface area contributed by atoms with E-state index in [9.17, 15) is 0 Å². The Kier molecular flexibility index (Phi) is 4.81. The summed E-state index contributed by atoms with van der Waals surface area (Å²) in [7, 11) is 1.74. The van der Waals surface area contributed by atoms with Crippen molar-refractivity contribution in [1.82, 2.24) is 9.88 Å². The zero-order valence-corrected chi connectivity index (χ0v) is 15.8. The Bertz CT molecular complexity index is 871. The Morgan fingerprint density at radius 1 is 1.42 bits per heavy atom. The van der Waals surface area contributed by atoms with E-state index >= 15 is 0 Å². The van der Waals surface area contributed by atoms with Crippen LogP contribution in [-0.4, -0.2) is 36.6 Å². The molecule has 2 aromatic rings. The van der Waals surface area contributed by atoms with Gasteiger partial charge in [-0.2, -0.15) is 4.98 Å².